The summed E-state index contributed by atoms with van der Waals surface area (Å²) in [6, 6.07) is 23.9. The molecule has 0 saturated heterocycles. The third-order valence-electron chi connectivity index (χ3n) is 7.83. The number of carbonyl (C=O) groups excluding carboxylic acids is 2. The summed E-state index contributed by atoms with van der Waals surface area (Å²) in [5, 5.41) is 13.3. The van der Waals surface area contributed by atoms with Crippen molar-refractivity contribution >= 4 is 29.1 Å². The fraction of sp³-hybridized carbons (Fsp3) is 0.222. The Morgan fingerprint density at radius 2 is 1.62 bits per heavy atom. The summed E-state index contributed by atoms with van der Waals surface area (Å²) in [4.78, 5) is 42.8. The normalized spacial score (nSPS) is 13.1. The van der Waals surface area contributed by atoms with E-state index in [0.29, 0.717) is 16.5 Å². The van der Waals surface area contributed by atoms with E-state index >= 15 is 0 Å². The van der Waals surface area contributed by atoms with Gasteiger partial charge in [-0.1, -0.05) is 60.7 Å². The zero-order valence-electron chi connectivity index (χ0n) is 25.2. The number of alkyl carbamates (subject to hydrolysis) is 1. The minimum Gasteiger partial charge on any atom is -0.480 e. The molecule has 0 aliphatic heterocycles. The summed E-state index contributed by atoms with van der Waals surface area (Å²) >= 11 is 0. The quantitative estimate of drug-likeness (QED) is 0.205. The van der Waals surface area contributed by atoms with Crippen molar-refractivity contribution in [1.29, 1.82) is 0 Å². The molecule has 228 valence electrons. The van der Waals surface area contributed by atoms with Gasteiger partial charge in [-0.2, -0.15) is 0 Å². The summed E-state index contributed by atoms with van der Waals surface area (Å²) in [7, 11) is 0. The molecule has 45 heavy (non-hydrogen) atoms. The van der Waals surface area contributed by atoms with Crippen LogP contribution < -0.4 is 5.32 Å². The van der Waals surface area contributed by atoms with Crippen LogP contribution in [-0.2, 0) is 20.7 Å². The van der Waals surface area contributed by atoms with Crippen LogP contribution in [0.4, 0.5) is 9.59 Å². The Labute approximate surface area is 260 Å². The lowest BCUT2D eigenvalue weighted by atomic mass is 9.98. The number of amides is 1. The third-order valence-corrected chi connectivity index (χ3v) is 7.83. The van der Waals surface area contributed by atoms with E-state index in [1.165, 1.54) is 4.57 Å². The Bertz CT molecular complexity index is 1860. The van der Waals surface area contributed by atoms with Crippen molar-refractivity contribution in [3.8, 4) is 22.3 Å². The second kappa shape index (κ2) is 11.9. The number of nitrogens with zero attached hydrogens (tertiary/aromatic N) is 2. The molecular weight excluding hydrogens is 570 g/mol. The minimum absolute atomic E-state index is 0.0542. The predicted octanol–water partition coefficient (Wildman–Crippen LogP) is 7.02. The molecule has 0 radical (unpaired) electrons. The molecule has 6 rings (SSSR count). The Hall–Kier alpha value is -5.44. The average Bonchev–Trinajstić information content (AvgIpc) is 3.54. The van der Waals surface area contributed by atoms with Crippen molar-refractivity contribution in [2.75, 3.05) is 6.61 Å². The molecule has 5 aromatic rings. The highest BCUT2D eigenvalue weighted by Gasteiger charge is 2.30. The Kier molecular flexibility index (Phi) is 7.85. The van der Waals surface area contributed by atoms with Crippen molar-refractivity contribution in [2.45, 2.75) is 44.8 Å². The molecule has 1 amide bonds. The highest BCUT2D eigenvalue weighted by molar-refractivity contribution is 5.95. The van der Waals surface area contributed by atoms with Gasteiger partial charge in [-0.25, -0.2) is 14.4 Å². The summed E-state index contributed by atoms with van der Waals surface area (Å²) < 4.78 is 12.6. The number of hydrogen-bond acceptors (Lipinski definition) is 6. The first-order valence-electron chi connectivity index (χ1n) is 14.7. The number of fused-ring (bicyclic) bond motifs is 4. The van der Waals surface area contributed by atoms with Gasteiger partial charge in [-0.3, -0.25) is 9.55 Å². The molecule has 1 atom stereocenters. The molecule has 2 N–H and O–H groups in total. The third kappa shape index (κ3) is 6.15. The molecule has 1 aliphatic carbocycles. The molecule has 0 unspecified atom stereocenters. The number of benzene rings is 3. The Morgan fingerprint density at radius 1 is 0.933 bits per heavy atom. The van der Waals surface area contributed by atoms with Crippen LogP contribution in [0.2, 0.25) is 0 Å². The van der Waals surface area contributed by atoms with E-state index in [4.69, 9.17) is 9.47 Å². The SMILES string of the molecule is CC(C)(C)OC(=O)n1cc(C[C@H](NC(=O)OCC2c3ccccc3-c3ccccc32)C(=O)O)c2cc(-c3cccnc3)ccc21. The zero-order chi connectivity index (χ0) is 31.7. The number of aliphatic carboxylic acids is 1. The van der Waals surface area contributed by atoms with Crippen molar-refractivity contribution in [3.63, 3.8) is 0 Å². The van der Waals surface area contributed by atoms with E-state index in [0.717, 1.165) is 33.4 Å². The lowest BCUT2D eigenvalue weighted by Gasteiger charge is -2.19. The molecule has 2 aromatic heterocycles. The van der Waals surface area contributed by atoms with Gasteiger partial charge in [0.1, 0.15) is 18.2 Å². The van der Waals surface area contributed by atoms with Crippen LogP contribution in [0.1, 0.15) is 43.4 Å². The smallest absolute Gasteiger partial charge is 0.419 e. The number of carboxylic acids is 1. The second-order valence-corrected chi connectivity index (χ2v) is 12.0. The second-order valence-electron chi connectivity index (χ2n) is 12.0. The first kappa shape index (κ1) is 29.6. The predicted molar refractivity (Wildman–Crippen MR) is 170 cm³/mol. The zero-order valence-corrected chi connectivity index (χ0v) is 25.2. The van der Waals surface area contributed by atoms with Crippen LogP contribution >= 0.6 is 0 Å². The van der Waals surface area contributed by atoms with Gasteiger partial charge in [-0.05, 0) is 72.4 Å². The van der Waals surface area contributed by atoms with Crippen LogP contribution in [0.3, 0.4) is 0 Å². The van der Waals surface area contributed by atoms with Crippen LogP contribution in [0.5, 0.6) is 0 Å². The van der Waals surface area contributed by atoms with E-state index in [1.54, 1.807) is 45.4 Å². The highest BCUT2D eigenvalue weighted by Crippen LogP contribution is 2.44. The number of aromatic nitrogens is 2. The highest BCUT2D eigenvalue weighted by atomic mass is 16.6. The fourth-order valence-electron chi connectivity index (χ4n) is 5.84. The van der Waals surface area contributed by atoms with Crippen LogP contribution in [0.15, 0.2) is 97.5 Å². The maximum Gasteiger partial charge on any atom is 0.419 e. The topological polar surface area (TPSA) is 120 Å². The van der Waals surface area contributed by atoms with Gasteiger partial charge in [-0.15, -0.1) is 0 Å². The van der Waals surface area contributed by atoms with E-state index in [-0.39, 0.29) is 18.9 Å². The Balaban J connectivity index is 1.25. The standard InChI is InChI=1S/C36H33N3O6/c1-36(2,3)45-35(43)39-20-24(29-17-22(14-15-32(29)39)23-9-8-16-37-19-23)18-31(33(40)41)38-34(42)44-21-30-27-12-6-4-10-25(27)26-11-5-7-13-28(26)30/h4-17,19-20,30-31H,18,21H2,1-3H3,(H,38,42)(H,40,41)/t31-/m0/s1. The monoisotopic (exact) mass is 603 g/mol. The van der Waals surface area contributed by atoms with Crippen LogP contribution in [0, 0.1) is 0 Å². The summed E-state index contributed by atoms with van der Waals surface area (Å²) in [5.41, 5.74) is 6.37. The molecule has 0 saturated carbocycles. The largest absolute Gasteiger partial charge is 0.480 e. The van der Waals surface area contributed by atoms with E-state index in [2.05, 4.69) is 10.3 Å². The number of carboxylic acid groups (broad SMARTS) is 1. The lowest BCUT2D eigenvalue weighted by Crippen LogP contribution is -2.42. The lowest BCUT2D eigenvalue weighted by molar-refractivity contribution is -0.139. The number of rotatable bonds is 7. The van der Waals surface area contributed by atoms with Gasteiger partial charge in [0.2, 0.25) is 0 Å². The van der Waals surface area contributed by atoms with Crippen molar-refractivity contribution in [2.24, 2.45) is 0 Å². The van der Waals surface area contributed by atoms with E-state index < -0.39 is 29.8 Å². The van der Waals surface area contributed by atoms with Crippen LogP contribution in [-0.4, -0.2) is 51.1 Å². The van der Waals surface area contributed by atoms with Gasteiger partial charge in [0, 0.05) is 41.9 Å². The molecule has 3 aromatic carbocycles. The van der Waals surface area contributed by atoms with Crippen LogP contribution in [0.25, 0.3) is 33.2 Å². The molecule has 9 heteroatoms. The summed E-state index contributed by atoms with van der Waals surface area (Å²) in [5.74, 6) is -1.39. The molecule has 0 fully saturated rings. The van der Waals surface area contributed by atoms with Gasteiger partial charge >= 0.3 is 18.2 Å². The van der Waals surface area contributed by atoms with Crippen molar-refractivity contribution in [1.82, 2.24) is 14.9 Å². The number of pyridine rings is 1. The number of hydrogen-bond donors (Lipinski definition) is 2. The van der Waals surface area contributed by atoms with Gasteiger partial charge in [0.25, 0.3) is 0 Å². The maximum absolute atomic E-state index is 13.2. The molecular formula is C36H33N3O6. The van der Waals surface area contributed by atoms with E-state index in [1.807, 2.05) is 72.8 Å². The first-order chi connectivity index (χ1) is 21.6. The number of carbonyl (C=O) groups is 3. The number of ether oxygens (including phenoxy) is 2. The maximum atomic E-state index is 13.2. The van der Waals surface area contributed by atoms with E-state index in [9.17, 15) is 19.5 Å². The molecule has 0 bridgehead atoms. The fourth-order valence-corrected chi connectivity index (χ4v) is 5.84. The van der Waals surface area contributed by atoms with Crippen molar-refractivity contribution in [3.05, 3.63) is 114 Å². The van der Waals surface area contributed by atoms with Gasteiger partial charge in [0.15, 0.2) is 0 Å². The minimum atomic E-state index is -1.32. The number of nitrogens with one attached hydrogen (secondary N) is 1. The Morgan fingerprint density at radius 3 is 2.24 bits per heavy atom. The average molecular weight is 604 g/mol. The summed E-state index contributed by atoms with van der Waals surface area (Å²) in [6.07, 6.45) is 3.45. The van der Waals surface area contributed by atoms with Crippen molar-refractivity contribution < 1.29 is 29.0 Å². The molecule has 9 nitrogen and oxygen atoms in total. The molecule has 1 aliphatic rings. The van der Waals surface area contributed by atoms with Gasteiger partial charge < -0.3 is 19.9 Å². The van der Waals surface area contributed by atoms with Gasteiger partial charge in [0.05, 0.1) is 5.52 Å². The molecule has 2 heterocycles. The summed E-state index contributed by atoms with van der Waals surface area (Å²) in [6.45, 7) is 5.38. The first-order valence-corrected chi connectivity index (χ1v) is 14.7. The molecule has 0 spiro atoms.